The highest BCUT2D eigenvalue weighted by molar-refractivity contribution is 6.34. The van der Waals surface area contributed by atoms with E-state index in [-0.39, 0.29) is 23.7 Å². The average molecular weight is 317 g/mol. The van der Waals surface area contributed by atoms with Crippen molar-refractivity contribution in [1.82, 2.24) is 10.6 Å². The van der Waals surface area contributed by atoms with E-state index >= 15 is 0 Å². The first-order chi connectivity index (χ1) is 9.02. The first-order valence-corrected chi connectivity index (χ1v) is 7.14. The predicted octanol–water partition coefficient (Wildman–Crippen LogP) is 3.19. The Labute approximate surface area is 131 Å². The Bertz CT molecular complexity index is 471. The fourth-order valence-electron chi connectivity index (χ4n) is 2.42. The molecule has 0 aliphatic carbocycles. The minimum atomic E-state index is -0.0755. The third-order valence-electron chi connectivity index (χ3n) is 3.92. The Kier molecular flexibility index (Phi) is 6.31. The van der Waals surface area contributed by atoms with Crippen molar-refractivity contribution in [3.8, 4) is 0 Å². The summed E-state index contributed by atoms with van der Waals surface area (Å²) < 4.78 is 0. The molecule has 1 aliphatic rings. The van der Waals surface area contributed by atoms with Crippen LogP contribution in [-0.4, -0.2) is 25.5 Å². The molecule has 2 rings (SSSR count). The molecule has 1 aromatic rings. The van der Waals surface area contributed by atoms with Crippen molar-refractivity contribution in [2.45, 2.75) is 26.7 Å². The van der Waals surface area contributed by atoms with Crippen LogP contribution < -0.4 is 10.6 Å². The van der Waals surface area contributed by atoms with Gasteiger partial charge in [-0.25, -0.2) is 0 Å². The minimum absolute atomic E-state index is 0. The van der Waals surface area contributed by atoms with Gasteiger partial charge in [0, 0.05) is 6.54 Å². The maximum absolute atomic E-state index is 12.2. The molecule has 1 aliphatic heterocycles. The highest BCUT2D eigenvalue weighted by Crippen LogP contribution is 2.27. The number of aryl methyl sites for hydroxylation is 1. The van der Waals surface area contributed by atoms with Gasteiger partial charge in [-0.15, -0.1) is 12.4 Å². The molecule has 0 spiro atoms. The van der Waals surface area contributed by atoms with E-state index in [2.05, 4.69) is 17.6 Å². The smallest absolute Gasteiger partial charge is 0.252 e. The van der Waals surface area contributed by atoms with Gasteiger partial charge < -0.3 is 10.6 Å². The minimum Gasteiger partial charge on any atom is -0.351 e. The van der Waals surface area contributed by atoms with Crippen molar-refractivity contribution < 1.29 is 4.79 Å². The maximum atomic E-state index is 12.2. The maximum Gasteiger partial charge on any atom is 0.252 e. The number of carbonyl (C=O) groups is 1. The number of nitrogens with one attached hydrogen (secondary N) is 2. The number of rotatable bonds is 3. The topological polar surface area (TPSA) is 41.1 Å². The van der Waals surface area contributed by atoms with E-state index in [1.807, 2.05) is 19.1 Å². The summed E-state index contributed by atoms with van der Waals surface area (Å²) in [5.41, 5.74) is 1.69. The van der Waals surface area contributed by atoms with Crippen molar-refractivity contribution in [3.63, 3.8) is 0 Å². The second kappa shape index (κ2) is 7.30. The molecule has 0 bridgehead atoms. The molecule has 20 heavy (non-hydrogen) atoms. The largest absolute Gasteiger partial charge is 0.351 e. The van der Waals surface area contributed by atoms with Gasteiger partial charge in [0.15, 0.2) is 0 Å². The molecule has 0 unspecified atom stereocenters. The zero-order chi connectivity index (χ0) is 13.9. The van der Waals surface area contributed by atoms with Gasteiger partial charge in [-0.3, -0.25) is 4.79 Å². The van der Waals surface area contributed by atoms with Crippen LogP contribution in [0.15, 0.2) is 18.2 Å². The van der Waals surface area contributed by atoms with Gasteiger partial charge in [0.2, 0.25) is 0 Å². The Hall–Kier alpha value is -0.770. The van der Waals surface area contributed by atoms with E-state index in [0.717, 1.165) is 31.5 Å². The molecule has 0 aromatic heterocycles. The van der Waals surface area contributed by atoms with Crippen molar-refractivity contribution in [2.75, 3.05) is 19.6 Å². The molecule has 1 heterocycles. The van der Waals surface area contributed by atoms with Gasteiger partial charge >= 0.3 is 0 Å². The lowest BCUT2D eigenvalue weighted by Crippen LogP contribution is -2.42. The Morgan fingerprint density at radius 3 is 2.70 bits per heavy atom. The summed E-state index contributed by atoms with van der Waals surface area (Å²) in [6.07, 6.45) is 2.18. The van der Waals surface area contributed by atoms with Crippen molar-refractivity contribution in [2.24, 2.45) is 5.41 Å². The van der Waals surface area contributed by atoms with Crippen LogP contribution in [0.4, 0.5) is 0 Å². The number of hydrogen-bond donors (Lipinski definition) is 2. The fraction of sp³-hybridized carbons (Fsp3) is 0.533. The second-order valence-electron chi connectivity index (χ2n) is 5.68. The summed E-state index contributed by atoms with van der Waals surface area (Å²) in [4.78, 5) is 12.2. The molecular weight excluding hydrogens is 295 g/mol. The molecule has 0 radical (unpaired) electrons. The molecular formula is C15H22Cl2N2O. The van der Waals surface area contributed by atoms with E-state index in [1.54, 1.807) is 6.07 Å². The number of piperidine rings is 1. The lowest BCUT2D eigenvalue weighted by Gasteiger charge is -2.34. The molecule has 1 amide bonds. The van der Waals surface area contributed by atoms with Gasteiger partial charge in [-0.2, -0.15) is 0 Å². The van der Waals surface area contributed by atoms with E-state index in [9.17, 15) is 4.79 Å². The molecule has 0 atom stereocenters. The zero-order valence-electron chi connectivity index (χ0n) is 12.0. The molecule has 112 valence electrons. The first kappa shape index (κ1) is 17.3. The summed E-state index contributed by atoms with van der Waals surface area (Å²) in [5, 5.41) is 6.92. The predicted molar refractivity (Wildman–Crippen MR) is 86.0 cm³/mol. The highest BCUT2D eigenvalue weighted by Gasteiger charge is 2.27. The summed E-state index contributed by atoms with van der Waals surface area (Å²) in [7, 11) is 0. The van der Waals surface area contributed by atoms with Crippen LogP contribution in [0.2, 0.25) is 5.02 Å². The number of hydrogen-bond acceptors (Lipinski definition) is 2. The third-order valence-corrected chi connectivity index (χ3v) is 4.42. The summed E-state index contributed by atoms with van der Waals surface area (Å²) >= 11 is 6.17. The summed E-state index contributed by atoms with van der Waals surface area (Å²) in [6, 6.07) is 5.55. The van der Waals surface area contributed by atoms with Crippen LogP contribution in [0.5, 0.6) is 0 Å². The number of carbonyl (C=O) groups excluding carboxylic acids is 1. The highest BCUT2D eigenvalue weighted by atomic mass is 35.5. The lowest BCUT2D eigenvalue weighted by molar-refractivity contribution is 0.0922. The van der Waals surface area contributed by atoms with E-state index < -0.39 is 0 Å². The molecule has 2 N–H and O–H groups in total. The van der Waals surface area contributed by atoms with Gasteiger partial charge in [-0.05, 0) is 49.9 Å². The van der Waals surface area contributed by atoms with Crippen LogP contribution in [0, 0.1) is 12.3 Å². The quantitative estimate of drug-likeness (QED) is 0.899. The fourth-order valence-corrected chi connectivity index (χ4v) is 2.63. The van der Waals surface area contributed by atoms with Crippen LogP contribution >= 0.6 is 24.0 Å². The zero-order valence-corrected chi connectivity index (χ0v) is 13.5. The van der Waals surface area contributed by atoms with Crippen molar-refractivity contribution >= 4 is 29.9 Å². The summed E-state index contributed by atoms with van der Waals surface area (Å²) in [5.74, 6) is -0.0755. The molecule has 1 aromatic carbocycles. The number of amides is 1. The standard InChI is InChI=1S/C15H21ClN2O.ClH/c1-11-4-3-5-12(13(11)16)14(19)18-10-15(2)6-8-17-9-7-15;/h3-5,17H,6-10H2,1-2H3,(H,18,19);1H. The Morgan fingerprint density at radius 2 is 2.05 bits per heavy atom. The third kappa shape index (κ3) is 4.11. The van der Waals surface area contributed by atoms with Crippen LogP contribution in [-0.2, 0) is 0 Å². The van der Waals surface area contributed by atoms with Crippen LogP contribution in [0.3, 0.4) is 0 Å². The Morgan fingerprint density at radius 1 is 1.40 bits per heavy atom. The SMILES string of the molecule is Cc1cccc(C(=O)NCC2(C)CCNCC2)c1Cl.Cl. The molecule has 1 saturated heterocycles. The molecule has 5 heteroatoms. The Balaban J connectivity index is 0.00000200. The molecule has 3 nitrogen and oxygen atoms in total. The normalized spacial score (nSPS) is 17.1. The monoisotopic (exact) mass is 316 g/mol. The number of benzene rings is 1. The lowest BCUT2D eigenvalue weighted by atomic mass is 9.81. The molecule has 0 saturated carbocycles. The van der Waals surface area contributed by atoms with E-state index in [0.29, 0.717) is 17.1 Å². The van der Waals surface area contributed by atoms with Crippen LogP contribution in [0.25, 0.3) is 0 Å². The van der Waals surface area contributed by atoms with Gasteiger partial charge in [0.1, 0.15) is 0 Å². The van der Waals surface area contributed by atoms with Crippen LogP contribution in [0.1, 0.15) is 35.7 Å². The van der Waals surface area contributed by atoms with Crippen molar-refractivity contribution in [1.29, 1.82) is 0 Å². The van der Waals surface area contributed by atoms with Gasteiger partial charge in [0.05, 0.1) is 10.6 Å². The second-order valence-corrected chi connectivity index (χ2v) is 6.06. The van der Waals surface area contributed by atoms with Gasteiger partial charge in [0.25, 0.3) is 5.91 Å². The summed E-state index contributed by atoms with van der Waals surface area (Å²) in [6.45, 7) is 6.89. The first-order valence-electron chi connectivity index (χ1n) is 6.76. The average Bonchev–Trinajstić information content (AvgIpc) is 2.40. The van der Waals surface area contributed by atoms with Crippen molar-refractivity contribution in [3.05, 3.63) is 34.3 Å². The molecule has 1 fully saturated rings. The van der Waals surface area contributed by atoms with Gasteiger partial charge in [-0.1, -0.05) is 30.7 Å². The number of halogens is 2. The van der Waals surface area contributed by atoms with E-state index in [4.69, 9.17) is 11.6 Å². The van der Waals surface area contributed by atoms with E-state index in [1.165, 1.54) is 0 Å².